The summed E-state index contributed by atoms with van der Waals surface area (Å²) in [5.74, 6) is -2.66. The first kappa shape index (κ1) is 22.0. The molecule has 4 N–H and O–H groups in total. The van der Waals surface area contributed by atoms with Crippen LogP contribution >= 0.6 is 23.4 Å². The van der Waals surface area contributed by atoms with Crippen molar-refractivity contribution in [3.8, 4) is 0 Å². The van der Waals surface area contributed by atoms with Crippen LogP contribution in [0.4, 0.5) is 0 Å². The molecule has 4 aromatic heterocycles. The molecule has 1 aliphatic heterocycles. The lowest BCUT2D eigenvalue weighted by Crippen LogP contribution is -2.16. The fourth-order valence-corrected chi connectivity index (χ4v) is 2.98. The maximum absolute atomic E-state index is 10.5. The minimum Gasteiger partial charge on any atom is -0.477 e. The molecule has 2 amide bonds. The van der Waals surface area contributed by atoms with E-state index in [1.54, 1.807) is 12.1 Å². The molecule has 4 aromatic rings. The van der Waals surface area contributed by atoms with Gasteiger partial charge in [-0.2, -0.15) is 4.42 Å². The van der Waals surface area contributed by atoms with E-state index in [9.17, 15) is 19.2 Å². The van der Waals surface area contributed by atoms with Gasteiger partial charge in [-0.05, 0) is 0 Å². The highest BCUT2D eigenvalue weighted by molar-refractivity contribution is 6.37. The molecule has 0 atom stereocenters. The number of halogens is 2. The highest BCUT2D eigenvalue weighted by Crippen LogP contribution is 2.27. The van der Waals surface area contributed by atoms with Crippen LogP contribution in [0.2, 0.25) is 5.02 Å². The molecule has 31 heavy (non-hydrogen) atoms. The number of hydrogen-bond acceptors (Lipinski definition) is 6. The minimum absolute atomic E-state index is 0.0361. The van der Waals surface area contributed by atoms with Gasteiger partial charge in [-0.3, -0.25) is 9.59 Å². The first-order chi connectivity index (χ1) is 14.7. The number of carboxylic acid groups (broad SMARTS) is 2. The Morgan fingerprint density at radius 3 is 2.06 bits per heavy atom. The van der Waals surface area contributed by atoms with Crippen molar-refractivity contribution in [1.82, 2.24) is 14.4 Å². The number of fused-ring (bicyclic) bond motifs is 2. The molecule has 13 heteroatoms. The Hall–Kier alpha value is -3.70. The van der Waals surface area contributed by atoms with E-state index in [0.29, 0.717) is 26.6 Å². The van der Waals surface area contributed by atoms with Gasteiger partial charge in [0.15, 0.2) is 11.2 Å². The van der Waals surface area contributed by atoms with Crippen LogP contribution in [0.5, 0.6) is 0 Å². The second kappa shape index (κ2) is 8.98. The predicted molar refractivity (Wildman–Crippen MR) is 107 cm³/mol. The molecule has 0 bridgehead atoms. The van der Waals surface area contributed by atoms with Gasteiger partial charge in [0.1, 0.15) is 16.4 Å². The highest BCUT2D eigenvalue weighted by atomic mass is 35.5. The number of carboxylic acids is 2. The van der Waals surface area contributed by atoms with Crippen LogP contribution in [-0.4, -0.2) is 48.4 Å². The molecule has 0 saturated carbocycles. The average Bonchev–Trinajstić information content (AvgIpc) is 3.50. The van der Waals surface area contributed by atoms with Crippen molar-refractivity contribution >= 4 is 69.3 Å². The maximum Gasteiger partial charge on any atom is 0.354 e. The molecule has 1 fully saturated rings. The number of nitrogens with one attached hydrogen (secondary N) is 2. The second-order valence-corrected chi connectivity index (χ2v) is 6.75. The van der Waals surface area contributed by atoms with Crippen LogP contribution in [0.15, 0.2) is 39.6 Å². The van der Waals surface area contributed by atoms with Gasteiger partial charge in [-0.15, -0.1) is 0 Å². The van der Waals surface area contributed by atoms with Gasteiger partial charge in [0.2, 0.25) is 11.8 Å². The van der Waals surface area contributed by atoms with E-state index in [-0.39, 0.29) is 41.1 Å². The van der Waals surface area contributed by atoms with E-state index in [1.807, 2.05) is 0 Å². The van der Waals surface area contributed by atoms with Gasteiger partial charge in [0.05, 0.1) is 23.6 Å². The Morgan fingerprint density at radius 1 is 0.968 bits per heavy atom. The van der Waals surface area contributed by atoms with Crippen LogP contribution < -0.4 is 0 Å². The van der Waals surface area contributed by atoms with E-state index in [4.69, 9.17) is 42.4 Å². The molecule has 0 aromatic carbocycles. The highest BCUT2D eigenvalue weighted by Gasteiger charge is 2.26. The third-order valence-corrected chi connectivity index (χ3v) is 4.76. The number of hydrogen-bond donors (Lipinski definition) is 4. The van der Waals surface area contributed by atoms with Crippen molar-refractivity contribution in [2.24, 2.45) is 0 Å². The van der Waals surface area contributed by atoms with Crippen molar-refractivity contribution in [2.45, 2.75) is 12.8 Å². The Kier molecular flexibility index (Phi) is 6.37. The van der Waals surface area contributed by atoms with Crippen molar-refractivity contribution < 1.29 is 38.2 Å². The van der Waals surface area contributed by atoms with Crippen molar-refractivity contribution in [3.63, 3.8) is 0 Å². The summed E-state index contributed by atoms with van der Waals surface area (Å²) in [5, 5.41) is 17.3. The fraction of sp³-hybridized carbons (Fsp3) is 0.111. The molecule has 1 saturated heterocycles. The van der Waals surface area contributed by atoms with Crippen LogP contribution in [0, 0.1) is 0 Å². The second-order valence-electron chi connectivity index (χ2n) is 6.04. The zero-order chi connectivity index (χ0) is 22.7. The SMILES string of the molecule is O=C(O)c1[nH]c2ccoc2c1Cl.O=C(O)c1cc2occc2[nH]1.O=C1CCC(=O)N1Cl. The van der Waals surface area contributed by atoms with E-state index < -0.39 is 11.9 Å². The smallest absolute Gasteiger partial charge is 0.354 e. The molecule has 5 heterocycles. The zero-order valence-corrected chi connectivity index (χ0v) is 16.9. The molecule has 162 valence electrons. The zero-order valence-electron chi connectivity index (χ0n) is 15.3. The quantitative estimate of drug-likeness (QED) is 0.253. The minimum atomic E-state index is -1.09. The van der Waals surface area contributed by atoms with Crippen LogP contribution in [-0.2, 0) is 9.59 Å². The van der Waals surface area contributed by atoms with E-state index in [1.165, 1.54) is 18.6 Å². The molecule has 0 spiro atoms. The number of rotatable bonds is 2. The third-order valence-electron chi connectivity index (χ3n) is 4.02. The summed E-state index contributed by atoms with van der Waals surface area (Å²) in [4.78, 5) is 46.9. The number of carbonyl (C=O) groups is 4. The molecule has 1 aliphatic rings. The topological polar surface area (TPSA) is 170 Å². The first-order valence-corrected chi connectivity index (χ1v) is 9.19. The summed E-state index contributed by atoms with van der Waals surface area (Å²) in [6.07, 6.45) is 3.48. The Bertz CT molecular complexity index is 1240. The fourth-order valence-electron chi connectivity index (χ4n) is 2.54. The monoisotopic (exact) mass is 469 g/mol. The number of carbonyl (C=O) groups excluding carboxylic acids is 2. The van der Waals surface area contributed by atoms with E-state index >= 15 is 0 Å². The van der Waals surface area contributed by atoms with Gasteiger partial charge in [0, 0.05) is 42.8 Å². The van der Waals surface area contributed by atoms with E-state index in [2.05, 4.69) is 9.97 Å². The van der Waals surface area contributed by atoms with Crippen LogP contribution in [0.3, 0.4) is 0 Å². The van der Waals surface area contributed by atoms with Gasteiger partial charge in [-0.25, -0.2) is 9.59 Å². The molecule has 0 radical (unpaired) electrons. The van der Waals surface area contributed by atoms with Crippen molar-refractivity contribution in [3.05, 3.63) is 47.1 Å². The summed E-state index contributed by atoms with van der Waals surface area (Å²) >= 11 is 10.8. The average molecular weight is 470 g/mol. The van der Waals surface area contributed by atoms with Crippen molar-refractivity contribution in [2.75, 3.05) is 0 Å². The molecule has 0 unspecified atom stereocenters. The molecular formula is C18H13Cl2N3O8. The van der Waals surface area contributed by atoms with Gasteiger partial charge in [0.25, 0.3) is 0 Å². The summed E-state index contributed by atoms with van der Waals surface area (Å²) in [6.45, 7) is 0. The Balaban J connectivity index is 0.000000135. The summed E-state index contributed by atoms with van der Waals surface area (Å²) in [6, 6.07) is 4.76. The molecular weight excluding hydrogens is 457 g/mol. The van der Waals surface area contributed by atoms with Crippen LogP contribution in [0.25, 0.3) is 22.2 Å². The number of aromatic carboxylic acids is 2. The number of furan rings is 2. The van der Waals surface area contributed by atoms with Crippen LogP contribution in [0.1, 0.15) is 33.8 Å². The number of amides is 2. The summed E-state index contributed by atoms with van der Waals surface area (Å²) < 4.78 is 10.5. The summed E-state index contributed by atoms with van der Waals surface area (Å²) in [5.41, 5.74) is 2.38. The molecule has 5 rings (SSSR count). The van der Waals surface area contributed by atoms with E-state index in [0.717, 1.165) is 0 Å². The summed E-state index contributed by atoms with van der Waals surface area (Å²) in [7, 11) is 0. The van der Waals surface area contributed by atoms with Crippen molar-refractivity contribution in [1.29, 1.82) is 0 Å². The lowest BCUT2D eigenvalue weighted by Gasteiger charge is -1.96. The lowest BCUT2D eigenvalue weighted by atomic mass is 10.4. The number of imide groups is 1. The third kappa shape index (κ3) is 4.73. The molecule has 11 nitrogen and oxygen atoms in total. The van der Waals surface area contributed by atoms with Gasteiger partial charge in [-0.1, -0.05) is 11.6 Å². The number of H-pyrrole nitrogens is 2. The molecule has 0 aliphatic carbocycles. The predicted octanol–water partition coefficient (Wildman–Crippen LogP) is 3.86. The maximum atomic E-state index is 10.5. The Labute approximate surface area is 182 Å². The van der Waals surface area contributed by atoms with Gasteiger partial charge >= 0.3 is 11.9 Å². The lowest BCUT2D eigenvalue weighted by molar-refractivity contribution is -0.132. The standard InChI is InChI=1S/C7H4ClNO3.C7H5NO3.C4H4ClNO2/c8-4-5(7(10)11)9-3-1-2-12-6(3)4;9-7(10)5-3-6-4(8-5)1-2-11-6;5-6-3(7)1-2-4(6)8/h1-2,9H,(H,10,11);1-3,8H,(H,9,10);1-2H2. The number of aromatic nitrogens is 2. The normalized spacial score (nSPS) is 13.2. The number of nitrogens with zero attached hydrogens (tertiary/aromatic N) is 1. The van der Waals surface area contributed by atoms with Gasteiger partial charge < -0.3 is 29.0 Å². The first-order valence-electron chi connectivity index (χ1n) is 8.48. The largest absolute Gasteiger partial charge is 0.477 e. The Morgan fingerprint density at radius 2 is 1.58 bits per heavy atom. The number of aromatic amines is 2.